The fraction of sp³-hybridized carbons (Fsp3) is 0.714. The Kier molecular flexibility index (Phi) is 5.87. The highest BCUT2D eigenvalue weighted by molar-refractivity contribution is 7.87. The van der Waals surface area contributed by atoms with Crippen molar-refractivity contribution in [1.82, 2.24) is 0 Å². The highest BCUT2D eigenvalue weighted by atomic mass is 32.2. The van der Waals surface area contributed by atoms with Crippen molar-refractivity contribution in [3.63, 3.8) is 0 Å². The molecular formula is C7H13NO6S. The van der Waals surface area contributed by atoms with Crippen molar-refractivity contribution < 1.29 is 27.3 Å². The van der Waals surface area contributed by atoms with Crippen molar-refractivity contribution in [2.45, 2.75) is 19.3 Å². The summed E-state index contributed by atoms with van der Waals surface area (Å²) in [5.41, 5.74) is 4.98. The lowest BCUT2D eigenvalue weighted by Crippen LogP contribution is -2.21. The van der Waals surface area contributed by atoms with Crippen molar-refractivity contribution in [2.75, 3.05) is 12.3 Å². The van der Waals surface area contributed by atoms with E-state index in [4.69, 9.17) is 10.8 Å². The molecule has 0 unspecified atom stereocenters. The van der Waals surface area contributed by atoms with Gasteiger partial charge in [0, 0.05) is 19.4 Å². The lowest BCUT2D eigenvalue weighted by atomic mass is 10.2. The second-order valence-corrected chi connectivity index (χ2v) is 4.44. The summed E-state index contributed by atoms with van der Waals surface area (Å²) >= 11 is 0. The Labute approximate surface area is 87.3 Å². The first kappa shape index (κ1) is 13.8. The third-order valence-electron chi connectivity index (χ3n) is 1.36. The van der Waals surface area contributed by atoms with Crippen LogP contribution in [0.25, 0.3) is 0 Å². The average molecular weight is 239 g/mol. The summed E-state index contributed by atoms with van der Waals surface area (Å²) < 4.78 is 25.9. The molecule has 0 aliphatic rings. The normalized spacial score (nSPS) is 11.0. The fourth-order valence-electron chi connectivity index (χ4n) is 0.753. The maximum Gasteiger partial charge on any atom is 0.322 e. The summed E-state index contributed by atoms with van der Waals surface area (Å²) in [6, 6.07) is 0. The van der Waals surface area contributed by atoms with E-state index >= 15 is 0 Å². The van der Waals surface area contributed by atoms with E-state index in [1.807, 2.05) is 0 Å². The minimum absolute atomic E-state index is 0.0479. The van der Waals surface area contributed by atoms with Crippen molar-refractivity contribution >= 4 is 22.1 Å². The third-order valence-corrected chi connectivity index (χ3v) is 2.53. The molecule has 0 aromatic rings. The van der Waals surface area contributed by atoms with E-state index in [0.717, 1.165) is 0 Å². The van der Waals surface area contributed by atoms with E-state index < -0.39 is 27.8 Å². The first-order valence-electron chi connectivity index (χ1n) is 4.24. The second kappa shape index (κ2) is 6.36. The molecule has 0 aromatic carbocycles. The van der Waals surface area contributed by atoms with Gasteiger partial charge in [0.15, 0.2) is 0 Å². The van der Waals surface area contributed by atoms with Crippen LogP contribution >= 0.6 is 0 Å². The van der Waals surface area contributed by atoms with Crippen LogP contribution in [0.15, 0.2) is 0 Å². The van der Waals surface area contributed by atoms with E-state index in [2.05, 4.69) is 4.18 Å². The van der Waals surface area contributed by atoms with E-state index in [-0.39, 0.29) is 25.8 Å². The first-order valence-corrected chi connectivity index (χ1v) is 5.82. The number of carboxylic acid groups (broad SMARTS) is 1. The molecule has 8 heteroatoms. The molecule has 0 spiro atoms. The molecule has 0 saturated carbocycles. The van der Waals surface area contributed by atoms with E-state index in [0.29, 0.717) is 0 Å². The maximum atomic E-state index is 10.9. The quantitative estimate of drug-likeness (QED) is 0.550. The van der Waals surface area contributed by atoms with Gasteiger partial charge in [0.2, 0.25) is 0 Å². The van der Waals surface area contributed by atoms with Crippen molar-refractivity contribution in [3.8, 4) is 0 Å². The van der Waals surface area contributed by atoms with Crippen LogP contribution in [0.2, 0.25) is 0 Å². The van der Waals surface area contributed by atoms with Crippen LogP contribution in [0.4, 0.5) is 0 Å². The number of hydrogen-bond acceptors (Lipinski definition) is 6. The summed E-state index contributed by atoms with van der Waals surface area (Å²) in [7, 11) is -3.90. The maximum absolute atomic E-state index is 10.9. The second-order valence-electron chi connectivity index (χ2n) is 2.75. The molecule has 0 rings (SSSR count). The standard InChI is InChI=1S/C7H13NO6S/c8-4-5-15(12,13)14-7(11)3-1-2-6(9)10/h1-5,8H2,(H,9,10). The Morgan fingerprint density at radius 1 is 1.27 bits per heavy atom. The summed E-state index contributed by atoms with van der Waals surface area (Å²) in [6.45, 7) is -0.134. The van der Waals surface area contributed by atoms with Gasteiger partial charge in [0.05, 0.1) is 5.75 Å². The predicted molar refractivity (Wildman–Crippen MR) is 50.4 cm³/mol. The molecule has 0 amide bonds. The van der Waals surface area contributed by atoms with E-state index in [9.17, 15) is 18.0 Å². The number of carboxylic acids is 1. The SMILES string of the molecule is NCCS(=O)(=O)OC(=O)CCCC(=O)O. The number of carbonyl (C=O) groups excluding carboxylic acids is 1. The molecule has 0 saturated heterocycles. The molecule has 0 aliphatic carbocycles. The van der Waals surface area contributed by atoms with Gasteiger partial charge in [-0.2, -0.15) is 8.42 Å². The van der Waals surface area contributed by atoms with Gasteiger partial charge in [0.1, 0.15) is 0 Å². The molecule has 0 radical (unpaired) electrons. The number of nitrogens with two attached hydrogens (primary N) is 1. The largest absolute Gasteiger partial charge is 0.481 e. The zero-order valence-electron chi connectivity index (χ0n) is 8.01. The molecule has 0 heterocycles. The first-order chi connectivity index (χ1) is 6.87. The Hall–Kier alpha value is -1.15. The molecule has 0 aliphatic heterocycles. The van der Waals surface area contributed by atoms with Crippen LogP contribution in [0.1, 0.15) is 19.3 Å². The van der Waals surface area contributed by atoms with Crippen LogP contribution in [0, 0.1) is 0 Å². The highest BCUT2D eigenvalue weighted by Gasteiger charge is 2.15. The molecule has 7 nitrogen and oxygen atoms in total. The summed E-state index contributed by atoms with van der Waals surface area (Å²) in [6.07, 6.45) is -0.394. The molecule has 0 atom stereocenters. The molecular weight excluding hydrogens is 226 g/mol. The Bertz CT molecular complexity index is 322. The summed E-state index contributed by atoms with van der Waals surface area (Å²) in [4.78, 5) is 21.0. The molecule has 0 fully saturated rings. The van der Waals surface area contributed by atoms with E-state index in [1.54, 1.807) is 0 Å². The number of rotatable bonds is 7. The topological polar surface area (TPSA) is 124 Å². The van der Waals surface area contributed by atoms with Crippen LogP contribution in [-0.4, -0.2) is 37.8 Å². The third kappa shape index (κ3) is 7.89. The number of carbonyl (C=O) groups is 2. The number of aliphatic carboxylic acids is 1. The molecule has 15 heavy (non-hydrogen) atoms. The van der Waals surface area contributed by atoms with Crippen molar-refractivity contribution in [1.29, 1.82) is 0 Å². The molecule has 3 N–H and O–H groups in total. The zero-order chi connectivity index (χ0) is 11.9. The number of hydrogen-bond donors (Lipinski definition) is 2. The minimum atomic E-state index is -3.90. The molecule has 0 bridgehead atoms. The summed E-state index contributed by atoms with van der Waals surface area (Å²) in [5, 5.41) is 8.26. The van der Waals surface area contributed by atoms with Gasteiger partial charge in [-0.3, -0.25) is 9.59 Å². The van der Waals surface area contributed by atoms with Gasteiger partial charge in [-0.05, 0) is 6.42 Å². The van der Waals surface area contributed by atoms with Crippen molar-refractivity contribution in [2.24, 2.45) is 5.73 Å². The van der Waals surface area contributed by atoms with Crippen LogP contribution in [-0.2, 0) is 23.9 Å². The monoisotopic (exact) mass is 239 g/mol. The van der Waals surface area contributed by atoms with Gasteiger partial charge < -0.3 is 15.0 Å². The van der Waals surface area contributed by atoms with Crippen LogP contribution < -0.4 is 5.73 Å². The molecule has 0 aromatic heterocycles. The average Bonchev–Trinajstić information content (AvgIpc) is 2.01. The lowest BCUT2D eigenvalue weighted by molar-refractivity contribution is -0.137. The van der Waals surface area contributed by atoms with Gasteiger partial charge in [-0.25, -0.2) is 0 Å². The van der Waals surface area contributed by atoms with Gasteiger partial charge >= 0.3 is 22.1 Å². The van der Waals surface area contributed by atoms with Crippen LogP contribution in [0.3, 0.4) is 0 Å². The Balaban J connectivity index is 3.89. The van der Waals surface area contributed by atoms with Gasteiger partial charge in [0.25, 0.3) is 0 Å². The molecule has 88 valence electrons. The van der Waals surface area contributed by atoms with Crippen LogP contribution in [0.5, 0.6) is 0 Å². The smallest absolute Gasteiger partial charge is 0.322 e. The Morgan fingerprint density at radius 2 is 1.87 bits per heavy atom. The highest BCUT2D eigenvalue weighted by Crippen LogP contribution is 2.01. The minimum Gasteiger partial charge on any atom is -0.481 e. The van der Waals surface area contributed by atoms with Gasteiger partial charge in [-0.15, -0.1) is 0 Å². The predicted octanol–water partition coefficient (Wildman–Crippen LogP) is -0.927. The summed E-state index contributed by atoms with van der Waals surface area (Å²) in [5.74, 6) is -2.44. The van der Waals surface area contributed by atoms with Crippen molar-refractivity contribution in [3.05, 3.63) is 0 Å². The fourth-order valence-corrected chi connectivity index (χ4v) is 1.49. The van der Waals surface area contributed by atoms with E-state index in [1.165, 1.54) is 0 Å². The van der Waals surface area contributed by atoms with Gasteiger partial charge in [-0.1, -0.05) is 0 Å². The lowest BCUT2D eigenvalue weighted by Gasteiger charge is -2.03. The Morgan fingerprint density at radius 3 is 2.33 bits per heavy atom. The zero-order valence-corrected chi connectivity index (χ0v) is 8.83.